The Labute approximate surface area is 223 Å². The third-order valence-electron chi connectivity index (χ3n) is 6.98. The van der Waals surface area contributed by atoms with Crippen molar-refractivity contribution in [1.82, 2.24) is 0 Å². The number of para-hydroxylation sites is 1. The molecule has 1 heterocycles. The fourth-order valence-corrected chi connectivity index (χ4v) is 6.23. The third kappa shape index (κ3) is 5.62. The van der Waals surface area contributed by atoms with Crippen molar-refractivity contribution in [3.8, 4) is 5.75 Å². The standard InChI is InChI=1S/C32H34N2O2S/c1-3-20-36-28-19-18-23-13-9-10-14-24(23)26(28)21-33-32-30(25-15-6-4-5-7-17-29(25)37-32)31(35)34-27-16-11-8-12-22(27)2/h8-14,16,18-19,21H,3-7,15,17,20H2,1-2H3,(H,34,35). The lowest BCUT2D eigenvalue weighted by molar-refractivity contribution is 0.102. The number of aryl methyl sites for hydroxylation is 2. The molecule has 0 radical (unpaired) electrons. The molecule has 0 aliphatic heterocycles. The highest BCUT2D eigenvalue weighted by atomic mass is 32.1. The molecule has 4 nitrogen and oxygen atoms in total. The molecular formula is C32H34N2O2S. The molecule has 0 saturated heterocycles. The molecule has 1 aromatic heterocycles. The fourth-order valence-electron chi connectivity index (χ4n) is 5.00. The van der Waals surface area contributed by atoms with Crippen LogP contribution in [0, 0.1) is 6.92 Å². The van der Waals surface area contributed by atoms with Gasteiger partial charge in [0, 0.05) is 22.3 Å². The maximum Gasteiger partial charge on any atom is 0.259 e. The average molecular weight is 511 g/mol. The summed E-state index contributed by atoms with van der Waals surface area (Å²) >= 11 is 1.68. The molecular weight excluding hydrogens is 476 g/mol. The Hall–Kier alpha value is -3.44. The molecule has 0 fully saturated rings. The van der Waals surface area contributed by atoms with E-state index in [0.717, 1.165) is 76.0 Å². The predicted molar refractivity (Wildman–Crippen MR) is 156 cm³/mol. The highest BCUT2D eigenvalue weighted by molar-refractivity contribution is 7.16. The minimum absolute atomic E-state index is 0.0695. The number of hydrogen-bond acceptors (Lipinski definition) is 4. The van der Waals surface area contributed by atoms with Gasteiger partial charge in [-0.1, -0.05) is 68.3 Å². The van der Waals surface area contributed by atoms with Crippen LogP contribution in [0.2, 0.25) is 0 Å². The average Bonchev–Trinajstić information content (AvgIpc) is 3.23. The van der Waals surface area contributed by atoms with E-state index in [1.807, 2.05) is 55.6 Å². The van der Waals surface area contributed by atoms with Crippen LogP contribution in [0.1, 0.15) is 71.0 Å². The van der Waals surface area contributed by atoms with E-state index in [-0.39, 0.29) is 5.91 Å². The molecule has 0 spiro atoms. The zero-order valence-corrected chi connectivity index (χ0v) is 22.5. The highest BCUT2D eigenvalue weighted by Crippen LogP contribution is 2.40. The molecule has 1 aliphatic carbocycles. The number of carbonyl (C=O) groups excluding carboxylic acids is 1. The van der Waals surface area contributed by atoms with Crippen molar-refractivity contribution in [3.63, 3.8) is 0 Å². The van der Waals surface area contributed by atoms with Gasteiger partial charge in [-0.3, -0.25) is 4.79 Å². The fraction of sp³-hybridized carbons (Fsp3) is 0.312. The molecule has 0 saturated carbocycles. The molecule has 190 valence electrons. The van der Waals surface area contributed by atoms with Crippen molar-refractivity contribution in [2.75, 3.05) is 11.9 Å². The number of anilines is 1. The molecule has 0 bridgehead atoms. The summed E-state index contributed by atoms with van der Waals surface area (Å²) in [4.78, 5) is 20.1. The number of aliphatic imine (C=N–C) groups is 1. The number of amides is 1. The molecule has 37 heavy (non-hydrogen) atoms. The van der Waals surface area contributed by atoms with E-state index >= 15 is 0 Å². The first kappa shape index (κ1) is 25.2. The van der Waals surface area contributed by atoms with Crippen molar-refractivity contribution in [1.29, 1.82) is 0 Å². The quantitative estimate of drug-likeness (QED) is 0.253. The highest BCUT2D eigenvalue weighted by Gasteiger charge is 2.24. The maximum atomic E-state index is 13.7. The second-order valence-electron chi connectivity index (χ2n) is 9.67. The first-order chi connectivity index (χ1) is 18.2. The Morgan fingerprint density at radius 2 is 1.78 bits per heavy atom. The Bertz CT molecular complexity index is 1440. The monoisotopic (exact) mass is 510 g/mol. The van der Waals surface area contributed by atoms with Crippen LogP contribution in [-0.4, -0.2) is 18.7 Å². The summed E-state index contributed by atoms with van der Waals surface area (Å²) in [7, 11) is 0. The van der Waals surface area contributed by atoms with E-state index in [2.05, 4.69) is 30.4 Å². The molecule has 4 aromatic rings. The molecule has 1 N–H and O–H groups in total. The number of ether oxygens (including phenoxy) is 1. The van der Waals surface area contributed by atoms with Gasteiger partial charge in [-0.15, -0.1) is 11.3 Å². The summed E-state index contributed by atoms with van der Waals surface area (Å²) in [6.45, 7) is 4.78. The Balaban J connectivity index is 1.58. The summed E-state index contributed by atoms with van der Waals surface area (Å²) < 4.78 is 6.10. The van der Waals surface area contributed by atoms with Crippen LogP contribution in [0.25, 0.3) is 10.8 Å². The number of thiophene rings is 1. The molecule has 3 aromatic carbocycles. The zero-order valence-electron chi connectivity index (χ0n) is 21.7. The van der Waals surface area contributed by atoms with Gasteiger partial charge in [0.05, 0.1) is 12.2 Å². The number of benzene rings is 3. The Morgan fingerprint density at radius 1 is 1.00 bits per heavy atom. The maximum absolute atomic E-state index is 13.7. The van der Waals surface area contributed by atoms with E-state index in [1.54, 1.807) is 11.3 Å². The minimum Gasteiger partial charge on any atom is -0.493 e. The first-order valence-corrected chi connectivity index (χ1v) is 14.2. The number of nitrogens with one attached hydrogen (secondary N) is 1. The molecule has 0 atom stereocenters. The third-order valence-corrected chi connectivity index (χ3v) is 8.18. The van der Waals surface area contributed by atoms with Crippen molar-refractivity contribution in [2.45, 2.75) is 58.8 Å². The van der Waals surface area contributed by atoms with Gasteiger partial charge in [0.25, 0.3) is 5.91 Å². The number of rotatable bonds is 7. The van der Waals surface area contributed by atoms with Crippen LogP contribution in [0.3, 0.4) is 0 Å². The van der Waals surface area contributed by atoms with Gasteiger partial charge in [-0.05, 0) is 73.1 Å². The Kier molecular flexibility index (Phi) is 8.00. The molecule has 0 unspecified atom stereocenters. The van der Waals surface area contributed by atoms with E-state index in [9.17, 15) is 4.79 Å². The summed E-state index contributed by atoms with van der Waals surface area (Å²) in [5.74, 6) is 0.755. The smallest absolute Gasteiger partial charge is 0.259 e. The molecule has 5 rings (SSSR count). The van der Waals surface area contributed by atoms with Gasteiger partial charge >= 0.3 is 0 Å². The van der Waals surface area contributed by atoms with Gasteiger partial charge in [-0.25, -0.2) is 4.99 Å². The van der Waals surface area contributed by atoms with Gasteiger partial charge in [-0.2, -0.15) is 0 Å². The van der Waals surface area contributed by atoms with Crippen molar-refractivity contribution in [3.05, 3.63) is 87.8 Å². The SMILES string of the molecule is CCCOc1ccc2ccccc2c1C=Nc1sc2c(c1C(=O)Nc1ccccc1C)CCCCCC2. The Morgan fingerprint density at radius 3 is 2.62 bits per heavy atom. The van der Waals surface area contributed by atoms with Crippen LogP contribution in [0.15, 0.2) is 65.7 Å². The van der Waals surface area contributed by atoms with Crippen LogP contribution in [-0.2, 0) is 12.8 Å². The zero-order chi connectivity index (χ0) is 25.6. The normalized spacial score (nSPS) is 13.8. The van der Waals surface area contributed by atoms with Gasteiger partial charge < -0.3 is 10.1 Å². The topological polar surface area (TPSA) is 50.7 Å². The number of carbonyl (C=O) groups is 1. The van der Waals surface area contributed by atoms with Crippen molar-refractivity contribution >= 4 is 44.9 Å². The second kappa shape index (κ2) is 11.7. The number of hydrogen-bond donors (Lipinski definition) is 1. The van der Waals surface area contributed by atoms with Crippen LogP contribution < -0.4 is 10.1 Å². The van der Waals surface area contributed by atoms with Crippen LogP contribution in [0.4, 0.5) is 10.7 Å². The lowest BCUT2D eigenvalue weighted by Crippen LogP contribution is -2.15. The van der Waals surface area contributed by atoms with Crippen LogP contribution in [0.5, 0.6) is 5.75 Å². The van der Waals surface area contributed by atoms with Gasteiger partial charge in [0.15, 0.2) is 0 Å². The summed E-state index contributed by atoms with van der Waals surface area (Å²) in [5, 5.41) is 6.20. The summed E-state index contributed by atoms with van der Waals surface area (Å²) in [6.07, 6.45) is 9.50. The van der Waals surface area contributed by atoms with Crippen molar-refractivity contribution in [2.24, 2.45) is 4.99 Å². The largest absolute Gasteiger partial charge is 0.493 e. The molecule has 1 aliphatic rings. The first-order valence-electron chi connectivity index (χ1n) is 13.4. The molecule has 5 heteroatoms. The number of nitrogens with zero attached hydrogens (tertiary/aromatic N) is 1. The minimum atomic E-state index is -0.0695. The van der Waals surface area contributed by atoms with Crippen molar-refractivity contribution < 1.29 is 9.53 Å². The lowest BCUT2D eigenvalue weighted by Gasteiger charge is -2.13. The van der Waals surface area contributed by atoms with Gasteiger partial charge in [0.2, 0.25) is 0 Å². The van der Waals surface area contributed by atoms with E-state index in [4.69, 9.17) is 9.73 Å². The van der Waals surface area contributed by atoms with Gasteiger partial charge in [0.1, 0.15) is 10.8 Å². The van der Waals surface area contributed by atoms with E-state index in [0.29, 0.717) is 6.61 Å². The van der Waals surface area contributed by atoms with E-state index in [1.165, 1.54) is 23.3 Å². The molecule has 1 amide bonds. The number of fused-ring (bicyclic) bond motifs is 2. The lowest BCUT2D eigenvalue weighted by atomic mass is 9.96. The summed E-state index contributed by atoms with van der Waals surface area (Å²) in [6, 6.07) is 20.3. The summed E-state index contributed by atoms with van der Waals surface area (Å²) in [5.41, 5.74) is 4.77. The second-order valence-corrected chi connectivity index (χ2v) is 10.8. The van der Waals surface area contributed by atoms with Crippen LogP contribution >= 0.6 is 11.3 Å². The predicted octanol–water partition coefficient (Wildman–Crippen LogP) is 8.66. The van der Waals surface area contributed by atoms with E-state index < -0.39 is 0 Å².